The Morgan fingerprint density at radius 2 is 2.16 bits per heavy atom. The molecular formula is C12H14BrNO5. The van der Waals surface area contributed by atoms with Crippen molar-refractivity contribution in [1.82, 2.24) is 5.32 Å². The van der Waals surface area contributed by atoms with Gasteiger partial charge in [-0.25, -0.2) is 4.79 Å². The van der Waals surface area contributed by atoms with Gasteiger partial charge in [0, 0.05) is 4.47 Å². The lowest BCUT2D eigenvalue weighted by molar-refractivity contribution is -0.156. The Kier molecular flexibility index (Phi) is 5.31. The van der Waals surface area contributed by atoms with Crippen LogP contribution in [0.15, 0.2) is 28.7 Å². The van der Waals surface area contributed by atoms with Crippen LogP contribution in [-0.2, 0) is 9.59 Å². The zero-order valence-corrected chi connectivity index (χ0v) is 11.8. The summed E-state index contributed by atoms with van der Waals surface area (Å²) in [4.78, 5) is 22.0. The van der Waals surface area contributed by atoms with Gasteiger partial charge in [0.2, 0.25) is 0 Å². The molecular weight excluding hydrogens is 318 g/mol. The summed E-state index contributed by atoms with van der Waals surface area (Å²) in [5.74, 6) is -1.41. The lowest BCUT2D eigenvalue weighted by atomic mass is 10.1. The van der Waals surface area contributed by atoms with Crippen LogP contribution in [0.25, 0.3) is 0 Å². The number of aliphatic carboxylic acids is 1. The fourth-order valence-electron chi connectivity index (χ4n) is 1.10. The molecule has 0 bridgehead atoms. The summed E-state index contributed by atoms with van der Waals surface area (Å²) >= 11 is 3.26. The molecule has 0 aliphatic rings. The molecule has 0 heterocycles. The van der Waals surface area contributed by atoms with Crippen LogP contribution in [0.2, 0.25) is 0 Å². The predicted octanol–water partition coefficient (Wildman–Crippen LogP) is 0.780. The molecule has 1 aromatic carbocycles. The molecule has 0 radical (unpaired) electrons. The minimum atomic E-state index is -1.99. The number of rotatable bonds is 6. The molecule has 19 heavy (non-hydrogen) atoms. The van der Waals surface area contributed by atoms with Crippen LogP contribution in [0.4, 0.5) is 0 Å². The highest BCUT2D eigenvalue weighted by molar-refractivity contribution is 9.10. The maximum atomic E-state index is 11.4. The number of amides is 1. The quantitative estimate of drug-likeness (QED) is 0.715. The second kappa shape index (κ2) is 6.53. The summed E-state index contributed by atoms with van der Waals surface area (Å²) in [6.07, 6.45) is 0. The Hall–Kier alpha value is -1.60. The SMILES string of the molecule is CC(O)(CNC(=O)COc1cccc(Br)c1)C(=O)O. The van der Waals surface area contributed by atoms with E-state index in [1.54, 1.807) is 18.2 Å². The number of nitrogens with one attached hydrogen (secondary N) is 1. The highest BCUT2D eigenvalue weighted by atomic mass is 79.9. The van der Waals surface area contributed by atoms with E-state index in [-0.39, 0.29) is 13.2 Å². The Balaban J connectivity index is 2.39. The number of carboxylic acid groups (broad SMARTS) is 1. The number of hydrogen-bond acceptors (Lipinski definition) is 4. The average Bonchev–Trinajstić information content (AvgIpc) is 2.34. The maximum absolute atomic E-state index is 11.4. The van der Waals surface area contributed by atoms with Gasteiger partial charge in [0.25, 0.3) is 5.91 Å². The fraction of sp³-hybridized carbons (Fsp3) is 0.333. The molecule has 1 rings (SSSR count). The Labute approximate surface area is 118 Å². The first kappa shape index (κ1) is 15.5. The van der Waals surface area contributed by atoms with E-state index in [2.05, 4.69) is 21.2 Å². The predicted molar refractivity (Wildman–Crippen MR) is 70.9 cm³/mol. The number of carbonyl (C=O) groups excluding carboxylic acids is 1. The minimum absolute atomic E-state index is 0.258. The van der Waals surface area contributed by atoms with Crippen molar-refractivity contribution >= 4 is 27.8 Å². The lowest BCUT2D eigenvalue weighted by Gasteiger charge is -2.18. The first-order valence-corrected chi connectivity index (χ1v) is 6.21. The highest BCUT2D eigenvalue weighted by Crippen LogP contribution is 2.17. The summed E-state index contributed by atoms with van der Waals surface area (Å²) in [5.41, 5.74) is -1.99. The normalized spacial score (nSPS) is 13.4. The summed E-state index contributed by atoms with van der Waals surface area (Å²) in [5, 5.41) is 20.3. The monoisotopic (exact) mass is 331 g/mol. The van der Waals surface area contributed by atoms with Crippen LogP contribution in [-0.4, -0.2) is 40.8 Å². The van der Waals surface area contributed by atoms with E-state index < -0.39 is 17.5 Å². The number of halogens is 1. The first-order valence-electron chi connectivity index (χ1n) is 5.42. The van der Waals surface area contributed by atoms with Gasteiger partial charge in [-0.1, -0.05) is 22.0 Å². The third-order valence-corrected chi connectivity index (χ3v) is 2.75. The van der Waals surface area contributed by atoms with Gasteiger partial charge in [0.05, 0.1) is 6.54 Å². The maximum Gasteiger partial charge on any atom is 0.337 e. The lowest BCUT2D eigenvalue weighted by Crippen LogP contribution is -2.47. The van der Waals surface area contributed by atoms with Gasteiger partial charge < -0.3 is 20.3 Å². The molecule has 3 N–H and O–H groups in total. The van der Waals surface area contributed by atoms with Gasteiger partial charge >= 0.3 is 5.97 Å². The smallest absolute Gasteiger partial charge is 0.337 e. The Bertz CT molecular complexity index is 475. The van der Waals surface area contributed by atoms with Crippen LogP contribution in [0.3, 0.4) is 0 Å². The second-order valence-electron chi connectivity index (χ2n) is 4.10. The van der Waals surface area contributed by atoms with E-state index in [0.29, 0.717) is 5.75 Å². The van der Waals surface area contributed by atoms with Gasteiger partial charge in [-0.05, 0) is 25.1 Å². The topological polar surface area (TPSA) is 95.9 Å². The molecule has 0 fully saturated rings. The van der Waals surface area contributed by atoms with Crippen molar-refractivity contribution in [3.63, 3.8) is 0 Å². The van der Waals surface area contributed by atoms with E-state index in [4.69, 9.17) is 9.84 Å². The van der Waals surface area contributed by atoms with Crippen molar-refractivity contribution in [2.75, 3.05) is 13.2 Å². The van der Waals surface area contributed by atoms with Crippen LogP contribution in [0.1, 0.15) is 6.92 Å². The molecule has 0 aromatic heterocycles. The van der Waals surface area contributed by atoms with Gasteiger partial charge in [-0.15, -0.1) is 0 Å². The number of ether oxygens (including phenoxy) is 1. The molecule has 1 aromatic rings. The van der Waals surface area contributed by atoms with Crippen LogP contribution >= 0.6 is 15.9 Å². The molecule has 7 heteroatoms. The van der Waals surface area contributed by atoms with Crippen molar-refractivity contribution in [3.8, 4) is 5.75 Å². The van der Waals surface area contributed by atoms with Crippen molar-refractivity contribution in [2.45, 2.75) is 12.5 Å². The van der Waals surface area contributed by atoms with Crippen molar-refractivity contribution in [2.24, 2.45) is 0 Å². The molecule has 0 spiro atoms. The number of carboxylic acids is 1. The standard InChI is InChI=1S/C12H14BrNO5/c1-12(18,11(16)17)7-14-10(15)6-19-9-4-2-3-8(13)5-9/h2-5,18H,6-7H2,1H3,(H,14,15)(H,16,17). The van der Waals surface area contributed by atoms with Crippen LogP contribution < -0.4 is 10.1 Å². The Morgan fingerprint density at radius 3 is 2.74 bits per heavy atom. The highest BCUT2D eigenvalue weighted by Gasteiger charge is 2.30. The average molecular weight is 332 g/mol. The second-order valence-corrected chi connectivity index (χ2v) is 5.02. The molecule has 0 aliphatic heterocycles. The van der Waals surface area contributed by atoms with Crippen LogP contribution in [0, 0.1) is 0 Å². The van der Waals surface area contributed by atoms with E-state index in [1.165, 1.54) is 0 Å². The summed E-state index contributed by atoms with van der Waals surface area (Å²) in [6.45, 7) is 0.458. The van der Waals surface area contributed by atoms with Gasteiger partial charge in [0.15, 0.2) is 12.2 Å². The van der Waals surface area contributed by atoms with Crippen molar-refractivity contribution in [1.29, 1.82) is 0 Å². The Morgan fingerprint density at radius 1 is 1.47 bits per heavy atom. The third-order valence-electron chi connectivity index (χ3n) is 2.26. The summed E-state index contributed by atoms with van der Waals surface area (Å²) < 4.78 is 6.02. The molecule has 0 saturated heterocycles. The van der Waals surface area contributed by atoms with E-state index in [0.717, 1.165) is 11.4 Å². The third kappa shape index (κ3) is 5.27. The van der Waals surface area contributed by atoms with Gasteiger partial charge in [-0.3, -0.25) is 4.79 Å². The van der Waals surface area contributed by atoms with Gasteiger partial charge in [-0.2, -0.15) is 0 Å². The molecule has 1 amide bonds. The zero-order valence-electron chi connectivity index (χ0n) is 10.2. The van der Waals surface area contributed by atoms with E-state index in [9.17, 15) is 14.7 Å². The van der Waals surface area contributed by atoms with Crippen molar-refractivity contribution in [3.05, 3.63) is 28.7 Å². The molecule has 104 valence electrons. The zero-order chi connectivity index (χ0) is 14.5. The first-order chi connectivity index (χ1) is 8.81. The van der Waals surface area contributed by atoms with E-state index >= 15 is 0 Å². The molecule has 6 nitrogen and oxygen atoms in total. The minimum Gasteiger partial charge on any atom is -0.484 e. The largest absolute Gasteiger partial charge is 0.484 e. The fourth-order valence-corrected chi connectivity index (χ4v) is 1.48. The van der Waals surface area contributed by atoms with Gasteiger partial charge in [0.1, 0.15) is 5.75 Å². The molecule has 1 unspecified atom stereocenters. The number of benzene rings is 1. The summed E-state index contributed by atoms with van der Waals surface area (Å²) in [7, 11) is 0. The number of carbonyl (C=O) groups is 2. The van der Waals surface area contributed by atoms with Crippen LogP contribution in [0.5, 0.6) is 5.75 Å². The number of hydrogen-bond donors (Lipinski definition) is 3. The molecule has 0 aliphatic carbocycles. The molecule has 0 saturated carbocycles. The molecule has 1 atom stereocenters. The number of aliphatic hydroxyl groups is 1. The van der Waals surface area contributed by atoms with E-state index in [1.807, 2.05) is 6.07 Å². The summed E-state index contributed by atoms with van der Waals surface area (Å²) in [6, 6.07) is 6.95. The van der Waals surface area contributed by atoms with Crippen molar-refractivity contribution < 1.29 is 24.5 Å².